The summed E-state index contributed by atoms with van der Waals surface area (Å²) >= 11 is 0. The highest BCUT2D eigenvalue weighted by molar-refractivity contribution is 5.89. The Hall–Kier alpha value is -0.660. The molecule has 0 N–H and O–H groups in total. The van der Waals surface area contributed by atoms with Gasteiger partial charge in [0.1, 0.15) is 11.6 Å². The van der Waals surface area contributed by atoms with Gasteiger partial charge in [0.05, 0.1) is 0 Å². The fraction of sp³-hybridized carbons (Fsp3) is 0.931. The maximum absolute atomic E-state index is 12.9. The largest absolute Gasteiger partial charge is 0.299 e. The fourth-order valence-electron chi connectivity index (χ4n) is 5.42. The van der Waals surface area contributed by atoms with Gasteiger partial charge >= 0.3 is 0 Å². The van der Waals surface area contributed by atoms with E-state index in [4.69, 9.17) is 0 Å². The third-order valence-corrected chi connectivity index (χ3v) is 7.91. The van der Waals surface area contributed by atoms with E-state index in [0.717, 1.165) is 19.3 Å². The third kappa shape index (κ3) is 12.2. The van der Waals surface area contributed by atoms with Crippen LogP contribution in [0.2, 0.25) is 0 Å². The zero-order valence-electron chi connectivity index (χ0n) is 21.6. The molecule has 2 heteroatoms. The van der Waals surface area contributed by atoms with E-state index < -0.39 is 0 Å². The first-order chi connectivity index (χ1) is 15.0. The number of rotatable bonds is 19. The van der Waals surface area contributed by atoms with Crippen LogP contribution in [0.25, 0.3) is 0 Å². The van der Waals surface area contributed by atoms with Crippen LogP contribution < -0.4 is 0 Å². The van der Waals surface area contributed by atoms with Gasteiger partial charge in [-0.2, -0.15) is 0 Å². The normalized spacial score (nSPS) is 23.7. The molecule has 0 amide bonds. The first-order valence-corrected chi connectivity index (χ1v) is 14.1. The van der Waals surface area contributed by atoms with Gasteiger partial charge in [-0.05, 0) is 31.1 Å². The summed E-state index contributed by atoms with van der Waals surface area (Å²) in [6, 6.07) is 0. The van der Waals surface area contributed by atoms with Crippen molar-refractivity contribution in [2.24, 2.45) is 23.7 Å². The van der Waals surface area contributed by atoms with Crippen LogP contribution in [0.15, 0.2) is 0 Å². The van der Waals surface area contributed by atoms with Crippen LogP contribution in [0, 0.1) is 23.7 Å². The Bertz CT molecular complexity index is 469. The first-order valence-electron chi connectivity index (χ1n) is 14.1. The minimum Gasteiger partial charge on any atom is -0.299 e. The van der Waals surface area contributed by atoms with Crippen LogP contribution >= 0.6 is 0 Å². The van der Waals surface area contributed by atoms with Gasteiger partial charge < -0.3 is 0 Å². The second-order valence-electron chi connectivity index (χ2n) is 10.6. The van der Waals surface area contributed by atoms with Crippen LogP contribution in [0.4, 0.5) is 0 Å². The summed E-state index contributed by atoms with van der Waals surface area (Å²) in [5.41, 5.74) is 0. The molecule has 0 aromatic heterocycles. The molecular formula is C29H54O2. The highest BCUT2D eigenvalue weighted by atomic mass is 16.1. The molecule has 1 fully saturated rings. The topological polar surface area (TPSA) is 34.1 Å². The maximum Gasteiger partial charge on any atom is 0.136 e. The highest BCUT2D eigenvalue weighted by Crippen LogP contribution is 2.39. The van der Waals surface area contributed by atoms with Crippen molar-refractivity contribution in [3.8, 4) is 0 Å². The lowest BCUT2D eigenvalue weighted by Gasteiger charge is -2.37. The summed E-state index contributed by atoms with van der Waals surface area (Å²) in [4.78, 5) is 25.3. The van der Waals surface area contributed by atoms with Gasteiger partial charge in [0.15, 0.2) is 0 Å². The molecule has 0 radical (unpaired) electrons. The van der Waals surface area contributed by atoms with Crippen LogP contribution in [-0.4, -0.2) is 11.6 Å². The van der Waals surface area contributed by atoms with Crippen LogP contribution in [0.1, 0.15) is 150 Å². The molecule has 0 bridgehead atoms. The lowest BCUT2D eigenvalue weighted by molar-refractivity contribution is -0.135. The molecule has 0 spiro atoms. The molecule has 0 aromatic carbocycles. The molecule has 0 aromatic rings. The number of hydrogen-bond donors (Lipinski definition) is 0. The third-order valence-electron chi connectivity index (χ3n) is 7.91. The molecule has 0 saturated heterocycles. The van der Waals surface area contributed by atoms with E-state index in [1.807, 2.05) is 6.92 Å². The number of hydrogen-bond acceptors (Lipinski definition) is 2. The van der Waals surface area contributed by atoms with Crippen LogP contribution in [0.3, 0.4) is 0 Å². The predicted molar refractivity (Wildman–Crippen MR) is 134 cm³/mol. The summed E-state index contributed by atoms with van der Waals surface area (Å²) in [6.45, 7) is 8.73. The standard InChI is InChI=1S/C29H54O2/c1-5-7-8-9-10-11-12-13-14-15-16-17-18-19-20-21-29(31)27-23-25(4)24(3)22-26(27)28(30)6-2/h24-27H,5-23H2,1-4H3. The predicted octanol–water partition coefficient (Wildman–Crippen LogP) is 9.09. The van der Waals surface area contributed by atoms with Crippen LogP contribution in [0.5, 0.6) is 0 Å². The van der Waals surface area contributed by atoms with Crippen molar-refractivity contribution in [2.75, 3.05) is 0 Å². The molecule has 1 rings (SSSR count). The highest BCUT2D eigenvalue weighted by Gasteiger charge is 2.39. The Balaban J connectivity index is 2.03. The second kappa shape index (κ2) is 17.8. The fourth-order valence-corrected chi connectivity index (χ4v) is 5.42. The summed E-state index contributed by atoms with van der Waals surface area (Å²) in [5.74, 6) is 1.82. The van der Waals surface area contributed by atoms with Crippen molar-refractivity contribution in [3.63, 3.8) is 0 Å². The van der Waals surface area contributed by atoms with E-state index in [1.54, 1.807) is 0 Å². The van der Waals surface area contributed by atoms with Gasteiger partial charge in [0.2, 0.25) is 0 Å². The van der Waals surface area contributed by atoms with Crippen molar-refractivity contribution < 1.29 is 9.59 Å². The zero-order chi connectivity index (χ0) is 22.9. The second-order valence-corrected chi connectivity index (χ2v) is 10.6. The Morgan fingerprint density at radius 3 is 1.29 bits per heavy atom. The van der Waals surface area contributed by atoms with Crippen molar-refractivity contribution in [1.82, 2.24) is 0 Å². The van der Waals surface area contributed by atoms with E-state index in [2.05, 4.69) is 20.8 Å². The Kier molecular flexibility index (Phi) is 16.3. The lowest BCUT2D eigenvalue weighted by Crippen LogP contribution is -2.38. The van der Waals surface area contributed by atoms with E-state index in [1.165, 1.54) is 89.9 Å². The SMILES string of the molecule is CCCCCCCCCCCCCCCCCC(=O)C1CC(C)C(C)CC1C(=O)CC. The van der Waals surface area contributed by atoms with Crippen LogP contribution in [-0.2, 0) is 9.59 Å². The van der Waals surface area contributed by atoms with Crippen molar-refractivity contribution in [2.45, 2.75) is 150 Å². The molecule has 1 saturated carbocycles. The van der Waals surface area contributed by atoms with E-state index in [9.17, 15) is 9.59 Å². The van der Waals surface area contributed by atoms with Gasteiger partial charge in [0.25, 0.3) is 0 Å². The molecule has 4 atom stereocenters. The van der Waals surface area contributed by atoms with Crippen molar-refractivity contribution in [3.05, 3.63) is 0 Å². The molecule has 1 aliphatic rings. The van der Waals surface area contributed by atoms with Crippen molar-refractivity contribution >= 4 is 11.6 Å². The number of unbranched alkanes of at least 4 members (excludes halogenated alkanes) is 14. The number of carbonyl (C=O) groups excluding carboxylic acids is 2. The van der Waals surface area contributed by atoms with Gasteiger partial charge in [-0.3, -0.25) is 9.59 Å². The molecule has 0 aliphatic heterocycles. The average Bonchev–Trinajstić information content (AvgIpc) is 2.77. The minimum absolute atomic E-state index is 0.0000376. The number of ketones is 2. The monoisotopic (exact) mass is 434 g/mol. The summed E-state index contributed by atoms with van der Waals surface area (Å²) in [6.07, 6.45) is 23.4. The molecule has 31 heavy (non-hydrogen) atoms. The molecule has 4 unspecified atom stereocenters. The van der Waals surface area contributed by atoms with Crippen molar-refractivity contribution in [1.29, 1.82) is 0 Å². The summed E-state index contributed by atoms with van der Waals surface area (Å²) in [5, 5.41) is 0. The molecule has 0 heterocycles. The number of Topliss-reactive ketones (excluding diaryl/α,β-unsaturated/α-hetero) is 2. The average molecular weight is 435 g/mol. The smallest absolute Gasteiger partial charge is 0.136 e. The Morgan fingerprint density at radius 2 is 0.903 bits per heavy atom. The van der Waals surface area contributed by atoms with E-state index >= 15 is 0 Å². The Labute approximate surface area is 194 Å². The van der Waals surface area contributed by atoms with Gasteiger partial charge in [0, 0.05) is 24.7 Å². The Morgan fingerprint density at radius 1 is 0.548 bits per heavy atom. The summed E-state index contributed by atoms with van der Waals surface area (Å²) < 4.78 is 0. The van der Waals surface area contributed by atoms with Gasteiger partial charge in [-0.25, -0.2) is 0 Å². The zero-order valence-corrected chi connectivity index (χ0v) is 21.6. The van der Waals surface area contributed by atoms with E-state index in [0.29, 0.717) is 36.2 Å². The quantitative estimate of drug-likeness (QED) is 0.190. The molecule has 182 valence electrons. The minimum atomic E-state index is 0.0000376. The van der Waals surface area contributed by atoms with E-state index in [-0.39, 0.29) is 11.8 Å². The lowest BCUT2D eigenvalue weighted by atomic mass is 9.66. The maximum atomic E-state index is 12.9. The number of carbonyl (C=O) groups is 2. The molecular weight excluding hydrogens is 380 g/mol. The molecule has 1 aliphatic carbocycles. The van der Waals surface area contributed by atoms with Gasteiger partial charge in [-0.15, -0.1) is 0 Å². The van der Waals surface area contributed by atoms with Gasteiger partial charge in [-0.1, -0.05) is 118 Å². The first kappa shape index (κ1) is 28.4. The molecule has 2 nitrogen and oxygen atoms in total. The summed E-state index contributed by atoms with van der Waals surface area (Å²) in [7, 11) is 0.